The van der Waals surface area contributed by atoms with Crippen LogP contribution in [0.25, 0.3) is 10.9 Å². The molecule has 1 aliphatic carbocycles. The van der Waals surface area contributed by atoms with E-state index in [4.69, 9.17) is 19.4 Å². The van der Waals surface area contributed by atoms with E-state index in [1.807, 2.05) is 39.0 Å². The smallest absolute Gasteiger partial charge is 0.407 e. The number of carbonyl (C=O) groups excluding carboxylic acids is 1. The Morgan fingerprint density at radius 1 is 0.976 bits per heavy atom. The molecule has 226 valence electrons. The van der Waals surface area contributed by atoms with Crippen LogP contribution in [0.4, 0.5) is 22.2 Å². The first kappa shape index (κ1) is 29.9. The molecule has 2 heterocycles. The molecule has 5 rings (SSSR count). The number of alkyl carbamates (subject to hydrolysis) is 1. The third kappa shape index (κ3) is 8.03. The molecule has 1 saturated heterocycles. The number of piperidine rings is 1. The Labute approximate surface area is 249 Å². The Morgan fingerprint density at radius 2 is 1.76 bits per heavy atom. The maximum atomic E-state index is 12.3. The monoisotopic (exact) mass is 574 g/mol. The Morgan fingerprint density at radius 3 is 2.48 bits per heavy atom. The van der Waals surface area contributed by atoms with Crippen molar-refractivity contribution >= 4 is 34.4 Å². The van der Waals surface area contributed by atoms with E-state index >= 15 is 0 Å². The molecule has 1 amide bonds. The number of aromatic nitrogens is 2. The van der Waals surface area contributed by atoms with Crippen molar-refractivity contribution < 1.29 is 14.3 Å². The van der Waals surface area contributed by atoms with E-state index in [1.165, 1.54) is 24.0 Å². The predicted octanol–water partition coefficient (Wildman–Crippen LogP) is 6.76. The first-order valence-corrected chi connectivity index (χ1v) is 15.4. The number of nitrogens with zero attached hydrogens (tertiary/aromatic N) is 2. The second-order valence-corrected chi connectivity index (χ2v) is 12.8. The van der Waals surface area contributed by atoms with Gasteiger partial charge in [-0.25, -0.2) is 9.78 Å². The van der Waals surface area contributed by atoms with Crippen LogP contribution in [0.5, 0.6) is 5.75 Å². The van der Waals surface area contributed by atoms with Crippen molar-refractivity contribution in [3.8, 4) is 5.75 Å². The lowest BCUT2D eigenvalue weighted by Crippen LogP contribution is -2.42. The molecule has 4 N–H and O–H groups in total. The maximum Gasteiger partial charge on any atom is 0.407 e. The molecule has 1 unspecified atom stereocenters. The highest BCUT2D eigenvalue weighted by Crippen LogP contribution is 2.34. The third-order valence-corrected chi connectivity index (χ3v) is 8.09. The van der Waals surface area contributed by atoms with E-state index in [2.05, 4.69) is 53.3 Å². The molecule has 2 aliphatic rings. The molecule has 0 bridgehead atoms. The maximum absolute atomic E-state index is 12.3. The molecule has 2 aromatic carbocycles. The third-order valence-electron chi connectivity index (χ3n) is 8.09. The summed E-state index contributed by atoms with van der Waals surface area (Å²) in [5.41, 5.74) is 3.73. The number of rotatable bonds is 8. The Kier molecular flexibility index (Phi) is 9.36. The number of carbonyl (C=O) groups is 1. The first-order chi connectivity index (χ1) is 20.1. The van der Waals surface area contributed by atoms with Crippen LogP contribution < -0.4 is 26.0 Å². The Hall–Kier alpha value is -3.59. The second-order valence-electron chi connectivity index (χ2n) is 12.8. The van der Waals surface area contributed by atoms with Gasteiger partial charge in [-0.15, -0.1) is 0 Å². The molecule has 0 spiro atoms. The molecule has 1 aromatic heterocycles. The predicted molar refractivity (Wildman–Crippen MR) is 169 cm³/mol. The van der Waals surface area contributed by atoms with Gasteiger partial charge in [-0.3, -0.25) is 0 Å². The zero-order valence-corrected chi connectivity index (χ0v) is 25.7. The molecule has 9 nitrogen and oxygen atoms in total. The van der Waals surface area contributed by atoms with Crippen LogP contribution >= 0.6 is 0 Å². The minimum absolute atomic E-state index is 0.101. The lowest BCUT2D eigenvalue weighted by molar-refractivity contribution is 0.0492. The largest absolute Gasteiger partial charge is 0.491 e. The van der Waals surface area contributed by atoms with Gasteiger partial charge in [-0.2, -0.15) is 4.98 Å². The van der Waals surface area contributed by atoms with Gasteiger partial charge in [0.1, 0.15) is 23.8 Å². The van der Waals surface area contributed by atoms with Gasteiger partial charge in [0.15, 0.2) is 0 Å². The Balaban J connectivity index is 1.35. The van der Waals surface area contributed by atoms with Crippen molar-refractivity contribution in [1.82, 2.24) is 20.6 Å². The normalized spacial score (nSPS) is 21.0. The van der Waals surface area contributed by atoms with E-state index in [1.54, 1.807) is 0 Å². The molecule has 1 atom stereocenters. The fraction of sp³-hybridized carbons (Fsp3) is 0.545. The zero-order chi connectivity index (χ0) is 29.7. The van der Waals surface area contributed by atoms with Crippen LogP contribution in [-0.4, -0.2) is 52.9 Å². The number of ether oxygens (including phenoxy) is 2. The minimum Gasteiger partial charge on any atom is -0.491 e. The summed E-state index contributed by atoms with van der Waals surface area (Å²) >= 11 is 0. The quantitative estimate of drug-likeness (QED) is 0.234. The fourth-order valence-electron chi connectivity index (χ4n) is 5.69. The van der Waals surface area contributed by atoms with E-state index in [0.29, 0.717) is 18.6 Å². The summed E-state index contributed by atoms with van der Waals surface area (Å²) < 4.78 is 11.9. The van der Waals surface area contributed by atoms with Crippen LogP contribution in [0.1, 0.15) is 76.8 Å². The highest BCUT2D eigenvalue weighted by Gasteiger charge is 2.26. The number of anilines is 3. The van der Waals surface area contributed by atoms with Crippen LogP contribution in [0, 0.1) is 13.8 Å². The molecule has 2 fully saturated rings. The molecular formula is C33H46N6O3. The molecule has 0 radical (unpaired) electrons. The van der Waals surface area contributed by atoms with Crippen LogP contribution in [-0.2, 0) is 4.74 Å². The van der Waals surface area contributed by atoms with Gasteiger partial charge in [0.2, 0.25) is 5.95 Å². The van der Waals surface area contributed by atoms with Crippen LogP contribution in [0.2, 0.25) is 0 Å². The summed E-state index contributed by atoms with van der Waals surface area (Å²) in [6.07, 6.45) is 6.76. The molecule has 3 aromatic rings. The average Bonchev–Trinajstić information content (AvgIpc) is 2.94. The molecule has 1 saturated carbocycles. The number of benzene rings is 2. The van der Waals surface area contributed by atoms with Crippen molar-refractivity contribution in [2.45, 2.75) is 103 Å². The van der Waals surface area contributed by atoms with Gasteiger partial charge < -0.3 is 30.7 Å². The summed E-state index contributed by atoms with van der Waals surface area (Å²) in [4.78, 5) is 22.2. The molecular weight excluding hydrogens is 528 g/mol. The summed E-state index contributed by atoms with van der Waals surface area (Å²) in [5.74, 6) is 2.10. The van der Waals surface area contributed by atoms with Gasteiger partial charge in [0, 0.05) is 23.8 Å². The minimum atomic E-state index is -0.507. The molecule has 9 heteroatoms. The summed E-state index contributed by atoms with van der Waals surface area (Å²) in [7, 11) is 0. The highest BCUT2D eigenvalue weighted by molar-refractivity contribution is 5.95. The number of aryl methyl sites for hydroxylation is 2. The second kappa shape index (κ2) is 13.2. The molecule has 42 heavy (non-hydrogen) atoms. The van der Waals surface area contributed by atoms with Crippen molar-refractivity contribution in [2.75, 3.05) is 23.8 Å². The lowest BCUT2D eigenvalue weighted by atomic mass is 9.91. The first-order valence-electron chi connectivity index (χ1n) is 15.4. The standard InChI is InChI=1S/C33H46N6O3/c1-21-12-13-25(19-22(21)2)36-31-38-27-10-8-11-28(41-20-26-9-6-7-18-34-26)29(27)30(39-31)35-23-14-16-24(17-15-23)37-32(40)42-33(3,4)5/h8,10-13,19,23-24,26,34H,6-7,9,14-18,20H2,1-5H3,(H,37,40)(H2,35,36,38,39). The average molecular weight is 575 g/mol. The van der Waals surface area contributed by atoms with Crippen LogP contribution in [0.15, 0.2) is 36.4 Å². The highest BCUT2D eigenvalue weighted by atomic mass is 16.6. The SMILES string of the molecule is Cc1ccc(Nc2nc(NC3CCC(NC(=O)OC(C)(C)C)CC3)c3c(OCC4CCCCN4)cccc3n2)cc1C. The van der Waals surface area contributed by atoms with Crippen molar-refractivity contribution in [3.63, 3.8) is 0 Å². The van der Waals surface area contributed by atoms with Gasteiger partial charge in [-0.1, -0.05) is 18.6 Å². The van der Waals surface area contributed by atoms with Gasteiger partial charge in [0.05, 0.1) is 10.9 Å². The zero-order valence-electron chi connectivity index (χ0n) is 25.7. The van der Waals surface area contributed by atoms with Crippen molar-refractivity contribution in [2.24, 2.45) is 0 Å². The van der Waals surface area contributed by atoms with E-state index < -0.39 is 5.60 Å². The topological polar surface area (TPSA) is 109 Å². The van der Waals surface area contributed by atoms with Gasteiger partial charge in [0.25, 0.3) is 0 Å². The van der Waals surface area contributed by atoms with E-state index in [0.717, 1.165) is 66.8 Å². The number of nitrogens with one attached hydrogen (secondary N) is 4. The summed E-state index contributed by atoms with van der Waals surface area (Å²) in [6.45, 7) is 11.5. The lowest BCUT2D eigenvalue weighted by Gasteiger charge is -2.31. The summed E-state index contributed by atoms with van der Waals surface area (Å²) in [6, 6.07) is 13.0. The van der Waals surface area contributed by atoms with E-state index in [-0.39, 0.29) is 18.2 Å². The fourth-order valence-corrected chi connectivity index (χ4v) is 5.69. The van der Waals surface area contributed by atoms with Gasteiger partial charge >= 0.3 is 6.09 Å². The number of amides is 1. The molecule has 1 aliphatic heterocycles. The van der Waals surface area contributed by atoms with E-state index in [9.17, 15) is 4.79 Å². The summed E-state index contributed by atoms with van der Waals surface area (Å²) in [5, 5.41) is 14.7. The Bertz CT molecular complexity index is 1370. The van der Waals surface area contributed by atoms with Crippen molar-refractivity contribution in [3.05, 3.63) is 47.5 Å². The number of fused-ring (bicyclic) bond motifs is 1. The van der Waals surface area contributed by atoms with Crippen LogP contribution in [0.3, 0.4) is 0 Å². The van der Waals surface area contributed by atoms with Crippen molar-refractivity contribution in [1.29, 1.82) is 0 Å². The van der Waals surface area contributed by atoms with Gasteiger partial charge in [-0.05, 0) is 115 Å². The number of hydrogen-bond donors (Lipinski definition) is 4. The number of hydrogen-bond acceptors (Lipinski definition) is 8.